The van der Waals surface area contributed by atoms with Gasteiger partial charge in [0.15, 0.2) is 0 Å². The minimum Gasteiger partial charge on any atom is -1.00 e. The van der Waals surface area contributed by atoms with Gasteiger partial charge in [0.05, 0.1) is 5.57 Å². The van der Waals surface area contributed by atoms with E-state index in [4.69, 9.17) is 4.74 Å². The zero-order valence-corrected chi connectivity index (χ0v) is 18.1. The number of hydrogen-bond donors (Lipinski definition) is 0. The standard InChI is InChI=1S/C22H25N2O.HI/c1-16-14-17(18-10-6-8-12-20(18)23(2)3)15-22(25-16)19-11-7-9-13-21(19)24(4)5;/h6-15H,1-5H3;1H/q+1;/p-1. The monoisotopic (exact) mass is 460 g/mol. The lowest BCUT2D eigenvalue weighted by Gasteiger charge is -2.22. The molecule has 0 aromatic heterocycles. The highest BCUT2D eigenvalue weighted by atomic mass is 127. The van der Waals surface area contributed by atoms with E-state index in [1.807, 2.05) is 13.0 Å². The summed E-state index contributed by atoms with van der Waals surface area (Å²) in [7, 11) is 8.25. The Bertz CT molecular complexity index is 879. The molecular formula is C22H25IN2O. The molecule has 3 rings (SSSR count). The molecule has 3 nitrogen and oxygen atoms in total. The first-order chi connectivity index (χ1) is 12.0. The number of nitrogens with zero attached hydrogens (tertiary/aromatic N) is 2. The van der Waals surface area contributed by atoms with Gasteiger partial charge in [0, 0.05) is 31.4 Å². The van der Waals surface area contributed by atoms with Crippen LogP contribution >= 0.6 is 0 Å². The third kappa shape index (κ3) is 4.18. The molecule has 0 radical (unpaired) electrons. The van der Waals surface area contributed by atoms with E-state index < -0.39 is 0 Å². The van der Waals surface area contributed by atoms with E-state index >= 15 is 0 Å². The van der Waals surface area contributed by atoms with Crippen LogP contribution in [0.25, 0.3) is 5.57 Å². The van der Waals surface area contributed by atoms with Crippen LogP contribution in [-0.2, 0) is 4.74 Å². The molecule has 0 N–H and O–H groups in total. The summed E-state index contributed by atoms with van der Waals surface area (Å²) in [5, 5.41) is 0. The minimum absolute atomic E-state index is 0. The number of rotatable bonds is 2. The summed E-state index contributed by atoms with van der Waals surface area (Å²) >= 11 is 0. The summed E-state index contributed by atoms with van der Waals surface area (Å²) in [4.78, 5) is 2.14. The molecule has 1 aliphatic carbocycles. The molecule has 0 atom stereocenters. The SMILES string of the molecule is CC1=CC(c2ccccc2N(C)C)=C/C(=C2\C=CC=CC2=[N+](C)C)O1.[I-]. The third-order valence-electron chi connectivity index (χ3n) is 4.26. The van der Waals surface area contributed by atoms with Crippen LogP contribution in [0.15, 0.2) is 77.8 Å². The average molecular weight is 460 g/mol. The molecule has 1 aliphatic heterocycles. The number of para-hydroxylation sites is 1. The maximum absolute atomic E-state index is 6.08. The summed E-state index contributed by atoms with van der Waals surface area (Å²) in [6.07, 6.45) is 12.6. The highest BCUT2D eigenvalue weighted by Crippen LogP contribution is 2.33. The summed E-state index contributed by atoms with van der Waals surface area (Å²) < 4.78 is 8.19. The van der Waals surface area contributed by atoms with E-state index in [9.17, 15) is 0 Å². The maximum Gasteiger partial charge on any atom is 0.210 e. The smallest absolute Gasteiger partial charge is 0.210 e. The van der Waals surface area contributed by atoms with Crippen LogP contribution in [0.4, 0.5) is 5.69 Å². The number of anilines is 1. The first-order valence-corrected chi connectivity index (χ1v) is 8.45. The predicted octanol–water partition coefficient (Wildman–Crippen LogP) is 1.17. The van der Waals surface area contributed by atoms with Crippen LogP contribution in [-0.4, -0.2) is 38.5 Å². The lowest BCUT2D eigenvalue weighted by atomic mass is 9.97. The summed E-state index contributed by atoms with van der Waals surface area (Å²) in [6, 6.07) is 8.45. The van der Waals surface area contributed by atoms with Gasteiger partial charge in [-0.1, -0.05) is 30.4 Å². The number of benzene rings is 1. The summed E-state index contributed by atoms with van der Waals surface area (Å²) in [5.74, 6) is 1.78. The van der Waals surface area contributed by atoms with E-state index in [0.717, 1.165) is 28.4 Å². The van der Waals surface area contributed by atoms with Crippen LogP contribution < -0.4 is 28.9 Å². The fourth-order valence-electron chi connectivity index (χ4n) is 3.10. The van der Waals surface area contributed by atoms with Gasteiger partial charge in [-0.15, -0.1) is 0 Å². The Hall–Kier alpha value is -2.08. The van der Waals surface area contributed by atoms with Crippen molar-refractivity contribution in [3.63, 3.8) is 0 Å². The molecular weight excluding hydrogens is 435 g/mol. The van der Waals surface area contributed by atoms with E-state index in [2.05, 4.69) is 92.3 Å². The van der Waals surface area contributed by atoms with Crippen LogP contribution in [0.2, 0.25) is 0 Å². The lowest BCUT2D eigenvalue weighted by molar-refractivity contribution is -0.463. The van der Waals surface area contributed by atoms with Gasteiger partial charge in [-0.05, 0) is 36.8 Å². The normalized spacial score (nSPS) is 18.6. The van der Waals surface area contributed by atoms with E-state index in [0.29, 0.717) is 0 Å². The quantitative estimate of drug-likeness (QED) is 0.487. The highest BCUT2D eigenvalue weighted by Gasteiger charge is 2.21. The predicted molar refractivity (Wildman–Crippen MR) is 106 cm³/mol. The van der Waals surface area contributed by atoms with Gasteiger partial charge in [0.1, 0.15) is 25.6 Å². The molecule has 2 aliphatic rings. The molecule has 0 spiro atoms. The second kappa shape index (κ2) is 8.54. The zero-order valence-electron chi connectivity index (χ0n) is 16.0. The first-order valence-electron chi connectivity index (χ1n) is 8.45. The first kappa shape index (κ1) is 20.2. The molecule has 0 unspecified atom stereocenters. The number of halogens is 1. The molecule has 4 heteroatoms. The van der Waals surface area contributed by atoms with Crippen molar-refractivity contribution >= 4 is 17.0 Å². The van der Waals surface area contributed by atoms with Crippen molar-refractivity contribution in [2.24, 2.45) is 0 Å². The molecule has 0 fully saturated rings. The van der Waals surface area contributed by atoms with Crippen molar-refractivity contribution in [3.05, 3.63) is 83.4 Å². The van der Waals surface area contributed by atoms with Crippen LogP contribution in [0, 0.1) is 0 Å². The second-order valence-electron chi connectivity index (χ2n) is 6.64. The molecule has 0 bridgehead atoms. The van der Waals surface area contributed by atoms with Gasteiger partial charge >= 0.3 is 0 Å². The molecule has 0 amide bonds. The lowest BCUT2D eigenvalue weighted by Crippen LogP contribution is -3.00. The number of allylic oxidation sites excluding steroid dienone is 9. The van der Waals surface area contributed by atoms with Gasteiger partial charge in [-0.25, -0.2) is 4.58 Å². The molecule has 1 aromatic carbocycles. The zero-order chi connectivity index (χ0) is 18.0. The fraction of sp³-hybridized carbons (Fsp3) is 0.227. The Labute approximate surface area is 173 Å². The van der Waals surface area contributed by atoms with Gasteiger partial charge in [-0.2, -0.15) is 0 Å². The molecule has 0 saturated carbocycles. The Morgan fingerprint density at radius 3 is 2.35 bits per heavy atom. The Morgan fingerprint density at radius 1 is 0.962 bits per heavy atom. The maximum atomic E-state index is 6.08. The van der Waals surface area contributed by atoms with Gasteiger partial charge in [0.25, 0.3) is 0 Å². The second-order valence-corrected chi connectivity index (χ2v) is 6.64. The fourth-order valence-corrected chi connectivity index (χ4v) is 3.10. The van der Waals surface area contributed by atoms with Crippen molar-refractivity contribution in [2.45, 2.75) is 6.92 Å². The van der Waals surface area contributed by atoms with Gasteiger partial charge in [-0.3, -0.25) is 0 Å². The van der Waals surface area contributed by atoms with Gasteiger partial charge < -0.3 is 33.6 Å². The van der Waals surface area contributed by atoms with Crippen molar-refractivity contribution in [1.29, 1.82) is 0 Å². The Kier molecular flexibility index (Phi) is 6.64. The average Bonchev–Trinajstić information content (AvgIpc) is 2.61. The van der Waals surface area contributed by atoms with Crippen LogP contribution in [0.1, 0.15) is 12.5 Å². The minimum atomic E-state index is 0. The van der Waals surface area contributed by atoms with Crippen molar-refractivity contribution in [1.82, 2.24) is 0 Å². The van der Waals surface area contributed by atoms with Crippen molar-refractivity contribution in [2.75, 3.05) is 33.1 Å². The highest BCUT2D eigenvalue weighted by molar-refractivity contribution is 6.09. The van der Waals surface area contributed by atoms with Gasteiger partial charge in [0.2, 0.25) is 5.71 Å². The number of hydrogen-bond acceptors (Lipinski definition) is 2. The number of ether oxygens (including phenoxy) is 1. The largest absolute Gasteiger partial charge is 1.00 e. The van der Waals surface area contributed by atoms with Crippen LogP contribution in [0.5, 0.6) is 0 Å². The third-order valence-corrected chi connectivity index (χ3v) is 4.26. The molecule has 26 heavy (non-hydrogen) atoms. The van der Waals surface area contributed by atoms with E-state index in [1.54, 1.807) is 0 Å². The topological polar surface area (TPSA) is 15.5 Å². The molecule has 1 aromatic rings. The summed E-state index contributed by atoms with van der Waals surface area (Å²) in [6.45, 7) is 2.00. The Balaban J connectivity index is 0.00000243. The van der Waals surface area contributed by atoms with E-state index in [1.165, 1.54) is 11.3 Å². The Morgan fingerprint density at radius 2 is 1.65 bits per heavy atom. The van der Waals surface area contributed by atoms with Crippen molar-refractivity contribution in [3.8, 4) is 0 Å². The van der Waals surface area contributed by atoms with Crippen LogP contribution in [0.3, 0.4) is 0 Å². The molecule has 1 heterocycles. The summed E-state index contributed by atoms with van der Waals surface area (Å²) in [5.41, 5.74) is 5.80. The molecule has 0 saturated heterocycles. The molecule has 136 valence electrons. The van der Waals surface area contributed by atoms with Crippen molar-refractivity contribution < 1.29 is 33.3 Å². The van der Waals surface area contributed by atoms with E-state index in [-0.39, 0.29) is 24.0 Å².